The molecule has 1 heterocycles. The van der Waals surface area contributed by atoms with Crippen molar-refractivity contribution in [2.45, 2.75) is 26.2 Å². The number of amides is 2. The lowest BCUT2D eigenvalue weighted by molar-refractivity contribution is -0.126. The molecule has 0 unspecified atom stereocenters. The van der Waals surface area contributed by atoms with Crippen LogP contribution in [-0.2, 0) is 16.0 Å². The third kappa shape index (κ3) is 4.82. The lowest BCUT2D eigenvalue weighted by atomic mass is 10.3. The minimum atomic E-state index is -0.166. The molecule has 0 saturated carbocycles. The molecule has 2 amide bonds. The van der Waals surface area contributed by atoms with Crippen molar-refractivity contribution in [1.82, 2.24) is 15.6 Å². The van der Waals surface area contributed by atoms with Gasteiger partial charge in [0.25, 0.3) is 0 Å². The predicted octanol–water partition coefficient (Wildman–Crippen LogP) is 1.87. The van der Waals surface area contributed by atoms with Gasteiger partial charge in [-0.25, -0.2) is 4.98 Å². The Hall–Kier alpha value is -1.95. The minimum absolute atomic E-state index is 0.0404. The van der Waals surface area contributed by atoms with Gasteiger partial charge in [0.05, 0.1) is 21.8 Å². The van der Waals surface area contributed by atoms with E-state index in [2.05, 4.69) is 15.6 Å². The molecule has 1 aromatic carbocycles. The highest BCUT2D eigenvalue weighted by atomic mass is 32.1. The van der Waals surface area contributed by atoms with E-state index in [9.17, 15) is 9.59 Å². The predicted molar refractivity (Wildman–Crippen MR) is 84.3 cm³/mol. The first-order valence-corrected chi connectivity index (χ1v) is 7.88. The van der Waals surface area contributed by atoms with Crippen molar-refractivity contribution in [3.63, 3.8) is 0 Å². The third-order valence-electron chi connectivity index (χ3n) is 2.92. The summed E-state index contributed by atoms with van der Waals surface area (Å²) in [6.45, 7) is 2.50. The van der Waals surface area contributed by atoms with E-state index in [-0.39, 0.29) is 18.4 Å². The summed E-state index contributed by atoms with van der Waals surface area (Å²) in [5, 5.41) is 6.38. The van der Waals surface area contributed by atoms with E-state index in [1.807, 2.05) is 31.2 Å². The highest BCUT2D eigenvalue weighted by Gasteiger charge is 2.06. The molecule has 0 atom stereocenters. The molecule has 0 aliphatic rings. The van der Waals surface area contributed by atoms with Gasteiger partial charge >= 0.3 is 0 Å². The molecule has 1 aromatic heterocycles. The van der Waals surface area contributed by atoms with Crippen molar-refractivity contribution in [3.8, 4) is 0 Å². The van der Waals surface area contributed by atoms with E-state index >= 15 is 0 Å². The van der Waals surface area contributed by atoms with Crippen LogP contribution in [0, 0.1) is 0 Å². The Labute approximate surface area is 127 Å². The number of fused-ring (bicyclic) bond motifs is 1. The van der Waals surface area contributed by atoms with Crippen molar-refractivity contribution in [1.29, 1.82) is 0 Å². The number of aromatic nitrogens is 1. The van der Waals surface area contributed by atoms with Crippen molar-refractivity contribution in [2.24, 2.45) is 0 Å². The van der Waals surface area contributed by atoms with Gasteiger partial charge in [0.2, 0.25) is 11.8 Å². The second kappa shape index (κ2) is 7.73. The zero-order chi connectivity index (χ0) is 15.1. The van der Waals surface area contributed by atoms with Gasteiger partial charge in [0.15, 0.2) is 0 Å². The molecule has 5 nitrogen and oxygen atoms in total. The van der Waals surface area contributed by atoms with Crippen molar-refractivity contribution in [2.75, 3.05) is 13.1 Å². The molecule has 6 heteroatoms. The van der Waals surface area contributed by atoms with E-state index < -0.39 is 0 Å². The van der Waals surface area contributed by atoms with Crippen LogP contribution in [0.3, 0.4) is 0 Å². The molecule has 0 saturated heterocycles. The van der Waals surface area contributed by atoms with Gasteiger partial charge in [-0.1, -0.05) is 19.1 Å². The number of carbonyl (C=O) groups is 2. The molecule has 0 spiro atoms. The summed E-state index contributed by atoms with van der Waals surface area (Å²) in [4.78, 5) is 27.3. The maximum Gasteiger partial charge on any atom is 0.239 e. The van der Waals surface area contributed by atoms with Gasteiger partial charge in [-0.3, -0.25) is 9.59 Å². The highest BCUT2D eigenvalue weighted by Crippen LogP contribution is 2.21. The summed E-state index contributed by atoms with van der Waals surface area (Å²) in [5.41, 5.74) is 0.996. The Balaban J connectivity index is 1.71. The van der Waals surface area contributed by atoms with Gasteiger partial charge in [-0.05, 0) is 18.6 Å². The molecular formula is C15H19N3O2S. The average molecular weight is 305 g/mol. The highest BCUT2D eigenvalue weighted by molar-refractivity contribution is 7.18. The van der Waals surface area contributed by atoms with Crippen LogP contribution in [0.25, 0.3) is 10.2 Å². The number of carbonyl (C=O) groups excluding carboxylic acids is 2. The first kappa shape index (κ1) is 15.4. The minimum Gasteiger partial charge on any atom is -0.354 e. The fourth-order valence-corrected chi connectivity index (χ4v) is 2.86. The molecule has 2 aromatic rings. The van der Waals surface area contributed by atoms with Gasteiger partial charge in [0.1, 0.15) is 0 Å². The fourth-order valence-electron chi connectivity index (χ4n) is 1.89. The SMILES string of the molecule is CCCC(=O)NCC(=O)NCCc1nc2ccccc2s1. The zero-order valence-electron chi connectivity index (χ0n) is 12.0. The van der Waals surface area contributed by atoms with E-state index in [1.54, 1.807) is 11.3 Å². The van der Waals surface area contributed by atoms with Crippen LogP contribution in [0.15, 0.2) is 24.3 Å². The van der Waals surface area contributed by atoms with Crippen LogP contribution < -0.4 is 10.6 Å². The standard InChI is InChI=1S/C15H19N3O2S/c1-2-5-13(19)17-10-14(20)16-9-8-15-18-11-6-3-4-7-12(11)21-15/h3-4,6-7H,2,5,8-10H2,1H3,(H,16,20)(H,17,19). The summed E-state index contributed by atoms with van der Waals surface area (Å²) < 4.78 is 1.16. The molecule has 0 fully saturated rings. The maximum atomic E-state index is 11.6. The van der Waals surface area contributed by atoms with Crippen LogP contribution in [0.5, 0.6) is 0 Å². The summed E-state index contributed by atoms with van der Waals surface area (Å²) in [5.74, 6) is -0.251. The largest absolute Gasteiger partial charge is 0.354 e. The Kier molecular flexibility index (Phi) is 5.68. The quantitative estimate of drug-likeness (QED) is 0.820. The fraction of sp³-hybridized carbons (Fsp3) is 0.400. The summed E-state index contributed by atoms with van der Waals surface area (Å²) >= 11 is 1.64. The monoisotopic (exact) mass is 305 g/mol. The Bertz CT molecular complexity index is 591. The Morgan fingerprint density at radius 1 is 1.19 bits per heavy atom. The second-order valence-corrected chi connectivity index (χ2v) is 5.82. The number of para-hydroxylation sites is 1. The van der Waals surface area contributed by atoms with Crippen LogP contribution >= 0.6 is 11.3 Å². The van der Waals surface area contributed by atoms with Gasteiger partial charge < -0.3 is 10.6 Å². The lowest BCUT2D eigenvalue weighted by Gasteiger charge is -2.05. The summed E-state index contributed by atoms with van der Waals surface area (Å²) in [6, 6.07) is 7.98. The summed E-state index contributed by atoms with van der Waals surface area (Å²) in [6.07, 6.45) is 1.94. The summed E-state index contributed by atoms with van der Waals surface area (Å²) in [7, 11) is 0. The first-order valence-electron chi connectivity index (χ1n) is 7.07. The van der Waals surface area contributed by atoms with Gasteiger partial charge in [-0.15, -0.1) is 11.3 Å². The molecule has 0 aliphatic heterocycles. The lowest BCUT2D eigenvalue weighted by Crippen LogP contribution is -2.37. The van der Waals surface area contributed by atoms with Crippen molar-refractivity contribution >= 4 is 33.4 Å². The van der Waals surface area contributed by atoms with E-state index in [0.29, 0.717) is 19.4 Å². The number of hydrogen-bond acceptors (Lipinski definition) is 4. The molecule has 2 N–H and O–H groups in total. The van der Waals surface area contributed by atoms with E-state index in [4.69, 9.17) is 0 Å². The second-order valence-electron chi connectivity index (χ2n) is 4.70. The van der Waals surface area contributed by atoms with Crippen LogP contribution in [0.1, 0.15) is 24.8 Å². The Morgan fingerprint density at radius 3 is 2.76 bits per heavy atom. The normalized spacial score (nSPS) is 10.5. The number of rotatable bonds is 7. The average Bonchev–Trinajstić information content (AvgIpc) is 2.88. The van der Waals surface area contributed by atoms with Gasteiger partial charge in [-0.2, -0.15) is 0 Å². The smallest absolute Gasteiger partial charge is 0.239 e. The molecular weight excluding hydrogens is 286 g/mol. The van der Waals surface area contributed by atoms with Crippen LogP contribution in [-0.4, -0.2) is 29.9 Å². The number of hydrogen-bond donors (Lipinski definition) is 2. The maximum absolute atomic E-state index is 11.6. The topological polar surface area (TPSA) is 71.1 Å². The molecule has 0 aliphatic carbocycles. The molecule has 2 rings (SSSR count). The molecule has 0 bridgehead atoms. The number of thiazole rings is 1. The van der Waals surface area contributed by atoms with Gasteiger partial charge in [0, 0.05) is 19.4 Å². The van der Waals surface area contributed by atoms with E-state index in [0.717, 1.165) is 21.6 Å². The van der Waals surface area contributed by atoms with Crippen molar-refractivity contribution in [3.05, 3.63) is 29.3 Å². The number of nitrogens with one attached hydrogen (secondary N) is 2. The first-order chi connectivity index (χ1) is 10.2. The van der Waals surface area contributed by atoms with Crippen LogP contribution in [0.2, 0.25) is 0 Å². The molecule has 0 radical (unpaired) electrons. The zero-order valence-corrected chi connectivity index (χ0v) is 12.8. The molecule has 21 heavy (non-hydrogen) atoms. The third-order valence-corrected chi connectivity index (χ3v) is 4.02. The molecule has 112 valence electrons. The number of nitrogens with zero attached hydrogens (tertiary/aromatic N) is 1. The van der Waals surface area contributed by atoms with Crippen LogP contribution in [0.4, 0.5) is 0 Å². The number of benzene rings is 1. The van der Waals surface area contributed by atoms with Crippen molar-refractivity contribution < 1.29 is 9.59 Å². The Morgan fingerprint density at radius 2 is 2.00 bits per heavy atom. The van der Waals surface area contributed by atoms with E-state index in [1.165, 1.54) is 0 Å².